The van der Waals surface area contributed by atoms with Crippen LogP contribution < -0.4 is 0 Å². The third-order valence-corrected chi connectivity index (χ3v) is 2.91. The molecule has 0 amide bonds. The molecule has 18 heavy (non-hydrogen) atoms. The van der Waals surface area contributed by atoms with Gasteiger partial charge in [-0.3, -0.25) is 0 Å². The Morgan fingerprint density at radius 3 is 2.17 bits per heavy atom. The van der Waals surface area contributed by atoms with Gasteiger partial charge in [-0.15, -0.1) is 0 Å². The van der Waals surface area contributed by atoms with E-state index in [2.05, 4.69) is 39.0 Å². The van der Waals surface area contributed by atoms with Gasteiger partial charge in [0, 0.05) is 0 Å². The van der Waals surface area contributed by atoms with Gasteiger partial charge >= 0.3 is 0 Å². The van der Waals surface area contributed by atoms with Crippen LogP contribution in [0.15, 0.2) is 48.5 Å². The van der Waals surface area contributed by atoms with Crippen molar-refractivity contribution in [1.29, 1.82) is 0 Å². The van der Waals surface area contributed by atoms with Crippen molar-refractivity contribution in [3.05, 3.63) is 54.1 Å². The molecule has 2 aromatic rings. The second-order valence-corrected chi connectivity index (χ2v) is 5.95. The highest BCUT2D eigenvalue weighted by Gasteiger charge is 2.14. The quantitative estimate of drug-likeness (QED) is 0.810. The molecule has 94 valence electrons. The summed E-state index contributed by atoms with van der Waals surface area (Å²) in [5.41, 5.74) is 3.54. The molecule has 0 bridgehead atoms. The van der Waals surface area contributed by atoms with Gasteiger partial charge in [-0.1, -0.05) is 57.2 Å². The molecule has 0 fully saturated rings. The van der Waals surface area contributed by atoms with Crippen LogP contribution in [0.2, 0.25) is 0 Å². The summed E-state index contributed by atoms with van der Waals surface area (Å²) in [5, 5.41) is 9.95. The first kappa shape index (κ1) is 12.7. The Hall–Kier alpha value is -1.76. The molecule has 2 rings (SSSR count). The Balaban J connectivity index is 2.38. The number of hydrogen-bond acceptors (Lipinski definition) is 1. The van der Waals surface area contributed by atoms with Gasteiger partial charge in [0.2, 0.25) is 0 Å². The lowest BCUT2D eigenvalue weighted by molar-refractivity contribution is 0.395. The fourth-order valence-corrected chi connectivity index (χ4v) is 2.11. The van der Waals surface area contributed by atoms with E-state index in [9.17, 15) is 5.11 Å². The maximum absolute atomic E-state index is 9.95. The van der Waals surface area contributed by atoms with Crippen LogP contribution in [0.5, 0.6) is 5.75 Å². The first-order valence-electron chi connectivity index (χ1n) is 6.33. The molecule has 0 spiro atoms. The average molecular weight is 240 g/mol. The Bertz CT molecular complexity index is 521. The molecule has 0 aliphatic rings. The van der Waals surface area contributed by atoms with Crippen LogP contribution >= 0.6 is 0 Å². The fraction of sp³-hybridized carbons (Fsp3) is 0.294. The summed E-state index contributed by atoms with van der Waals surface area (Å²) in [6.45, 7) is 6.55. The summed E-state index contributed by atoms with van der Waals surface area (Å²) in [5.74, 6) is 0.393. The molecule has 0 unspecified atom stereocenters. The van der Waals surface area contributed by atoms with E-state index in [0.717, 1.165) is 17.5 Å². The Labute approximate surface area is 109 Å². The summed E-state index contributed by atoms with van der Waals surface area (Å²) in [4.78, 5) is 0. The topological polar surface area (TPSA) is 20.2 Å². The van der Waals surface area contributed by atoms with Gasteiger partial charge in [-0.05, 0) is 40.7 Å². The minimum Gasteiger partial charge on any atom is -0.508 e. The highest BCUT2D eigenvalue weighted by molar-refractivity contribution is 5.65. The highest BCUT2D eigenvalue weighted by Crippen LogP contribution is 2.30. The molecule has 0 heterocycles. The summed E-state index contributed by atoms with van der Waals surface area (Å²) < 4.78 is 0. The zero-order chi connectivity index (χ0) is 13.2. The van der Waals surface area contributed by atoms with E-state index in [0.29, 0.717) is 5.75 Å². The second-order valence-electron chi connectivity index (χ2n) is 5.95. The number of phenolic OH excluding ortho intramolecular Hbond substituents is 1. The van der Waals surface area contributed by atoms with E-state index in [4.69, 9.17) is 0 Å². The van der Waals surface area contributed by atoms with Crippen molar-refractivity contribution in [2.45, 2.75) is 27.2 Å². The van der Waals surface area contributed by atoms with Crippen molar-refractivity contribution in [3.63, 3.8) is 0 Å². The van der Waals surface area contributed by atoms with Crippen LogP contribution in [0.25, 0.3) is 11.1 Å². The van der Waals surface area contributed by atoms with E-state index >= 15 is 0 Å². The maximum atomic E-state index is 9.95. The average Bonchev–Trinajstić information content (AvgIpc) is 2.31. The summed E-state index contributed by atoms with van der Waals surface area (Å²) >= 11 is 0. The zero-order valence-corrected chi connectivity index (χ0v) is 11.3. The normalized spacial score (nSPS) is 11.5. The van der Waals surface area contributed by atoms with Crippen molar-refractivity contribution >= 4 is 0 Å². The Morgan fingerprint density at radius 1 is 0.889 bits per heavy atom. The predicted octanol–water partition coefficient (Wildman–Crippen LogP) is 4.65. The van der Waals surface area contributed by atoms with E-state index in [1.54, 1.807) is 6.07 Å². The third-order valence-electron chi connectivity index (χ3n) is 2.91. The lowest BCUT2D eigenvalue weighted by Crippen LogP contribution is -2.09. The van der Waals surface area contributed by atoms with Crippen LogP contribution in [0.4, 0.5) is 0 Å². The number of rotatable bonds is 2. The molecule has 1 nitrogen and oxygen atoms in total. The van der Waals surface area contributed by atoms with E-state index in [1.165, 1.54) is 5.56 Å². The van der Waals surface area contributed by atoms with Gasteiger partial charge < -0.3 is 5.11 Å². The summed E-state index contributed by atoms with van der Waals surface area (Å²) in [6, 6.07) is 16.1. The smallest absolute Gasteiger partial charge is 0.118 e. The van der Waals surface area contributed by atoms with Crippen LogP contribution in [0, 0.1) is 5.41 Å². The number of hydrogen-bond donors (Lipinski definition) is 1. The summed E-state index contributed by atoms with van der Waals surface area (Å²) in [6.07, 6.45) is 0.875. The van der Waals surface area contributed by atoms with Crippen LogP contribution in [-0.4, -0.2) is 5.11 Å². The highest BCUT2D eigenvalue weighted by atomic mass is 16.3. The molecule has 0 saturated heterocycles. The predicted molar refractivity (Wildman–Crippen MR) is 76.7 cm³/mol. The number of aromatic hydroxyl groups is 1. The first-order valence-corrected chi connectivity index (χ1v) is 6.33. The van der Waals surface area contributed by atoms with Gasteiger partial charge in [0.25, 0.3) is 0 Å². The molecular formula is C17H20O. The van der Waals surface area contributed by atoms with Crippen molar-refractivity contribution in [2.75, 3.05) is 0 Å². The fourth-order valence-electron chi connectivity index (χ4n) is 2.11. The standard InChI is InChI=1S/C17H20O/c1-17(2,3)12-15-11-14(9-10-16(15)18)13-7-5-4-6-8-13/h4-11,18H,12H2,1-3H3. The number of benzene rings is 2. The van der Waals surface area contributed by atoms with Crippen molar-refractivity contribution in [2.24, 2.45) is 5.41 Å². The molecule has 2 aromatic carbocycles. The molecule has 0 saturated carbocycles. The van der Waals surface area contributed by atoms with Crippen LogP contribution in [0.1, 0.15) is 26.3 Å². The van der Waals surface area contributed by atoms with Crippen molar-refractivity contribution in [3.8, 4) is 16.9 Å². The third kappa shape index (κ3) is 3.13. The van der Waals surface area contributed by atoms with Crippen molar-refractivity contribution < 1.29 is 5.11 Å². The molecular weight excluding hydrogens is 220 g/mol. The minimum atomic E-state index is 0.173. The van der Waals surface area contributed by atoms with Gasteiger partial charge in [0.1, 0.15) is 5.75 Å². The maximum Gasteiger partial charge on any atom is 0.118 e. The molecule has 0 aliphatic heterocycles. The summed E-state index contributed by atoms with van der Waals surface area (Å²) in [7, 11) is 0. The van der Waals surface area contributed by atoms with E-state index in [-0.39, 0.29) is 5.41 Å². The molecule has 0 aliphatic carbocycles. The zero-order valence-electron chi connectivity index (χ0n) is 11.3. The lowest BCUT2D eigenvalue weighted by Gasteiger charge is -2.19. The van der Waals surface area contributed by atoms with Gasteiger partial charge in [0.15, 0.2) is 0 Å². The monoisotopic (exact) mass is 240 g/mol. The van der Waals surface area contributed by atoms with Gasteiger partial charge in [0.05, 0.1) is 0 Å². The van der Waals surface area contributed by atoms with Gasteiger partial charge in [-0.2, -0.15) is 0 Å². The Kier molecular flexibility index (Phi) is 3.42. The molecule has 0 aromatic heterocycles. The second kappa shape index (κ2) is 4.85. The SMILES string of the molecule is CC(C)(C)Cc1cc(-c2ccccc2)ccc1O. The number of phenols is 1. The largest absolute Gasteiger partial charge is 0.508 e. The minimum absolute atomic E-state index is 0.173. The van der Waals surface area contributed by atoms with E-state index < -0.39 is 0 Å². The molecule has 0 atom stereocenters. The molecule has 0 radical (unpaired) electrons. The lowest BCUT2D eigenvalue weighted by atomic mass is 9.87. The molecule has 1 heteroatoms. The Morgan fingerprint density at radius 2 is 1.56 bits per heavy atom. The van der Waals surface area contributed by atoms with E-state index in [1.807, 2.05) is 24.3 Å². The molecule has 1 N–H and O–H groups in total. The van der Waals surface area contributed by atoms with Crippen LogP contribution in [0.3, 0.4) is 0 Å². The van der Waals surface area contributed by atoms with Crippen LogP contribution in [-0.2, 0) is 6.42 Å². The first-order chi connectivity index (χ1) is 8.46. The van der Waals surface area contributed by atoms with Crippen molar-refractivity contribution in [1.82, 2.24) is 0 Å². The van der Waals surface area contributed by atoms with Gasteiger partial charge in [-0.25, -0.2) is 0 Å².